The van der Waals surface area contributed by atoms with Crippen LogP contribution in [0.4, 0.5) is 0 Å². The van der Waals surface area contributed by atoms with Crippen molar-refractivity contribution >= 4 is 19.5 Å². The Morgan fingerprint density at radius 2 is 1.61 bits per heavy atom. The number of benzene rings is 2. The van der Waals surface area contributed by atoms with E-state index in [1.165, 1.54) is 4.90 Å². The van der Waals surface area contributed by atoms with Crippen LogP contribution in [-0.2, 0) is 31.5 Å². The van der Waals surface area contributed by atoms with Crippen molar-refractivity contribution in [2.24, 2.45) is 0 Å². The molecule has 2 N–H and O–H groups in total. The molecular formula is C25H32NO6P. The van der Waals surface area contributed by atoms with Gasteiger partial charge in [-0.25, -0.2) is 4.79 Å². The number of unbranched alkanes of at least 4 members (excludes halogenated alkanes) is 1. The third-order valence-corrected chi connectivity index (χ3v) is 7.39. The lowest BCUT2D eigenvalue weighted by Crippen LogP contribution is -2.46. The van der Waals surface area contributed by atoms with E-state index >= 15 is 0 Å². The first-order chi connectivity index (χ1) is 15.9. The Balaban J connectivity index is 1.62. The van der Waals surface area contributed by atoms with E-state index in [0.29, 0.717) is 32.2 Å². The number of hydrogen-bond acceptors (Lipinski definition) is 4. The van der Waals surface area contributed by atoms with E-state index in [-0.39, 0.29) is 12.6 Å². The molecule has 8 heteroatoms. The van der Waals surface area contributed by atoms with Crippen molar-refractivity contribution < 1.29 is 28.7 Å². The lowest BCUT2D eigenvalue weighted by atomic mass is 10.1. The first-order valence-corrected chi connectivity index (χ1v) is 13.2. The van der Waals surface area contributed by atoms with Gasteiger partial charge in [0.2, 0.25) is 0 Å². The van der Waals surface area contributed by atoms with Crippen molar-refractivity contribution in [2.75, 3.05) is 12.7 Å². The molecule has 1 aliphatic rings. The monoisotopic (exact) mass is 473 g/mol. The minimum Gasteiger partial charge on any atom is -0.480 e. The number of carbonyl (C=O) groups excluding carboxylic acids is 1. The maximum Gasteiger partial charge on any atom is 0.328 e. The van der Waals surface area contributed by atoms with Crippen molar-refractivity contribution in [3.63, 3.8) is 0 Å². The predicted octanol–water partition coefficient (Wildman–Crippen LogP) is 4.29. The van der Waals surface area contributed by atoms with Gasteiger partial charge in [0.15, 0.2) is 0 Å². The summed E-state index contributed by atoms with van der Waals surface area (Å²) in [5.74, 6) is -1.58. The van der Waals surface area contributed by atoms with Crippen molar-refractivity contribution in [1.29, 1.82) is 0 Å². The Hall–Kier alpha value is -2.47. The number of nitrogens with zero attached hydrogens (tertiary/aromatic N) is 1. The highest BCUT2D eigenvalue weighted by Gasteiger charge is 2.39. The van der Waals surface area contributed by atoms with Crippen LogP contribution in [0.15, 0.2) is 60.7 Å². The Morgan fingerprint density at radius 1 is 1.00 bits per heavy atom. The van der Waals surface area contributed by atoms with E-state index in [4.69, 9.17) is 4.52 Å². The molecule has 1 unspecified atom stereocenters. The quantitative estimate of drug-likeness (QED) is 0.352. The molecule has 0 spiro atoms. The van der Waals surface area contributed by atoms with Crippen molar-refractivity contribution in [1.82, 2.24) is 4.90 Å². The highest BCUT2D eigenvalue weighted by molar-refractivity contribution is 7.52. The molecule has 33 heavy (non-hydrogen) atoms. The Bertz CT molecular complexity index is 952. The lowest BCUT2D eigenvalue weighted by Gasteiger charge is -2.28. The normalized spacial score (nSPS) is 18.6. The van der Waals surface area contributed by atoms with Crippen LogP contribution in [0, 0.1) is 0 Å². The Morgan fingerprint density at radius 3 is 2.21 bits per heavy atom. The number of carboxylic acid groups (broad SMARTS) is 1. The van der Waals surface area contributed by atoms with Crippen LogP contribution < -0.4 is 0 Å². The van der Waals surface area contributed by atoms with Crippen molar-refractivity contribution in [2.45, 2.75) is 57.1 Å². The zero-order chi connectivity index (χ0) is 23.7. The topological polar surface area (TPSA) is 104 Å². The van der Waals surface area contributed by atoms with E-state index in [9.17, 15) is 24.2 Å². The van der Waals surface area contributed by atoms with Gasteiger partial charge in [-0.2, -0.15) is 0 Å². The number of hydrogen-bond donors (Lipinski definition) is 2. The molecule has 0 aromatic heterocycles. The molecule has 0 aliphatic carbocycles. The summed E-state index contributed by atoms with van der Waals surface area (Å²) in [5.41, 5.74) is 2.14. The first kappa shape index (κ1) is 25.2. The minimum atomic E-state index is -4.02. The summed E-state index contributed by atoms with van der Waals surface area (Å²) in [6, 6.07) is 18.5. The minimum absolute atomic E-state index is 0.0443. The Labute approximate surface area is 194 Å². The molecule has 178 valence electrons. The van der Waals surface area contributed by atoms with Gasteiger partial charge in [-0.05, 0) is 56.1 Å². The third kappa shape index (κ3) is 7.81. The van der Waals surface area contributed by atoms with Gasteiger partial charge >= 0.3 is 13.6 Å². The molecule has 1 amide bonds. The van der Waals surface area contributed by atoms with Crippen molar-refractivity contribution in [3.8, 4) is 0 Å². The number of aliphatic carboxylic acids is 1. The van der Waals surface area contributed by atoms with Gasteiger partial charge in [-0.15, -0.1) is 0 Å². The second-order valence-corrected chi connectivity index (χ2v) is 10.4. The zero-order valence-corrected chi connectivity index (χ0v) is 19.6. The van der Waals surface area contributed by atoms with Crippen LogP contribution in [0.3, 0.4) is 0 Å². The highest BCUT2D eigenvalue weighted by atomic mass is 31.2. The fourth-order valence-electron chi connectivity index (χ4n) is 4.17. The van der Waals surface area contributed by atoms with Gasteiger partial charge in [0.05, 0.1) is 6.16 Å². The smallest absolute Gasteiger partial charge is 0.328 e. The second kappa shape index (κ2) is 12.1. The lowest BCUT2D eigenvalue weighted by molar-refractivity contribution is -0.151. The standard InChI is InChI=1S/C25H32NO6P/c27-24(26-18-9-15-22(26)25(28)29)23(17-16-21-12-5-2-6-13-21)32-33(30,31)19-8-7-14-20-10-3-1-4-11-20/h1-6,10-13,22-23H,7-9,14-19H2,(H,28,29)(H,30,31)/t22-,23-/m0/s1. The van der Waals surface area contributed by atoms with Gasteiger partial charge in [0.1, 0.15) is 12.1 Å². The van der Waals surface area contributed by atoms with Gasteiger partial charge < -0.3 is 14.9 Å². The SMILES string of the molecule is O=C(O)[C@@H]1CCCN1C(=O)[C@H](CCc1ccccc1)OP(=O)(O)CCCCc1ccccc1. The number of carbonyl (C=O) groups is 2. The zero-order valence-electron chi connectivity index (χ0n) is 18.7. The first-order valence-electron chi connectivity index (χ1n) is 11.5. The molecule has 2 aromatic carbocycles. The third-order valence-electron chi connectivity index (χ3n) is 5.93. The molecule has 0 saturated carbocycles. The maximum atomic E-state index is 13.2. The summed E-state index contributed by atoms with van der Waals surface area (Å²) < 4.78 is 18.4. The summed E-state index contributed by atoms with van der Waals surface area (Å²) in [7, 11) is -4.02. The molecule has 3 rings (SSSR count). The molecular weight excluding hydrogens is 441 g/mol. The van der Waals surface area contributed by atoms with Gasteiger partial charge in [-0.3, -0.25) is 13.9 Å². The van der Waals surface area contributed by atoms with E-state index < -0.39 is 31.6 Å². The molecule has 1 heterocycles. The van der Waals surface area contributed by atoms with Gasteiger partial charge in [0, 0.05) is 6.54 Å². The van der Waals surface area contributed by atoms with Gasteiger partial charge in [0.25, 0.3) is 5.91 Å². The van der Waals surface area contributed by atoms with E-state index in [2.05, 4.69) is 0 Å². The number of aryl methyl sites for hydroxylation is 2. The largest absolute Gasteiger partial charge is 0.480 e. The van der Waals surface area contributed by atoms with Crippen LogP contribution in [0.25, 0.3) is 0 Å². The maximum absolute atomic E-state index is 13.2. The average molecular weight is 474 g/mol. The molecule has 0 bridgehead atoms. The van der Waals surface area contributed by atoms with Crippen LogP contribution in [-0.4, -0.2) is 51.6 Å². The second-order valence-electron chi connectivity index (χ2n) is 8.45. The summed E-state index contributed by atoms with van der Waals surface area (Å²) in [5, 5.41) is 9.45. The molecule has 7 nitrogen and oxygen atoms in total. The molecule has 3 atom stereocenters. The van der Waals surface area contributed by atoms with Crippen LogP contribution in [0.1, 0.15) is 43.2 Å². The Kier molecular flexibility index (Phi) is 9.24. The van der Waals surface area contributed by atoms with Gasteiger partial charge in [-0.1, -0.05) is 60.7 Å². The van der Waals surface area contributed by atoms with E-state index in [1.54, 1.807) is 0 Å². The fraction of sp³-hybridized carbons (Fsp3) is 0.440. The average Bonchev–Trinajstić information content (AvgIpc) is 3.31. The van der Waals surface area contributed by atoms with Crippen LogP contribution in [0.5, 0.6) is 0 Å². The predicted molar refractivity (Wildman–Crippen MR) is 126 cm³/mol. The van der Waals surface area contributed by atoms with E-state index in [1.807, 2.05) is 60.7 Å². The molecule has 1 fully saturated rings. The van der Waals surface area contributed by atoms with Crippen LogP contribution >= 0.6 is 7.60 Å². The van der Waals surface area contributed by atoms with Crippen molar-refractivity contribution in [3.05, 3.63) is 71.8 Å². The number of rotatable bonds is 12. The summed E-state index contributed by atoms with van der Waals surface area (Å²) in [4.78, 5) is 36.5. The summed E-state index contributed by atoms with van der Waals surface area (Å²) in [6.45, 7) is 0.313. The molecule has 0 radical (unpaired) electrons. The number of amides is 1. The molecule has 1 aliphatic heterocycles. The summed E-state index contributed by atoms with van der Waals surface area (Å²) in [6.07, 6.45) is 2.47. The molecule has 1 saturated heterocycles. The molecule has 2 aromatic rings. The number of likely N-dealkylation sites (tertiary alicyclic amines) is 1. The fourth-order valence-corrected chi connectivity index (χ4v) is 5.49. The highest BCUT2D eigenvalue weighted by Crippen LogP contribution is 2.45. The van der Waals surface area contributed by atoms with E-state index in [0.717, 1.165) is 24.0 Å². The van der Waals surface area contributed by atoms with Crippen LogP contribution in [0.2, 0.25) is 0 Å². The number of carboxylic acids is 1. The summed E-state index contributed by atoms with van der Waals surface area (Å²) >= 11 is 0.